The Hall–Kier alpha value is -1.35. The highest BCUT2D eigenvalue weighted by molar-refractivity contribution is 5.67. The van der Waals surface area contributed by atoms with Crippen molar-refractivity contribution < 1.29 is 9.90 Å². The van der Waals surface area contributed by atoms with Gasteiger partial charge < -0.3 is 10.4 Å². The highest BCUT2D eigenvalue weighted by Crippen LogP contribution is 2.19. The van der Waals surface area contributed by atoms with Gasteiger partial charge in [0, 0.05) is 6.04 Å². The van der Waals surface area contributed by atoms with Gasteiger partial charge in [-0.1, -0.05) is 45.0 Å². The summed E-state index contributed by atoms with van der Waals surface area (Å²) in [6.45, 7) is 7.37. The van der Waals surface area contributed by atoms with E-state index in [1.807, 2.05) is 0 Å². The Morgan fingerprint density at radius 3 is 2.40 bits per heavy atom. The topological polar surface area (TPSA) is 49.3 Å². The summed E-state index contributed by atoms with van der Waals surface area (Å²) < 4.78 is 0. The third-order valence-corrected chi connectivity index (χ3v) is 3.75. The van der Waals surface area contributed by atoms with E-state index in [9.17, 15) is 4.79 Å². The van der Waals surface area contributed by atoms with E-state index in [0.717, 1.165) is 25.8 Å². The molecule has 0 amide bonds. The Kier molecular flexibility index (Phi) is 7.31. The Balaban J connectivity index is 2.65. The average molecular weight is 277 g/mol. The normalized spacial score (nSPS) is 13.9. The molecule has 0 saturated carbocycles. The molecule has 0 aliphatic rings. The third-order valence-electron chi connectivity index (χ3n) is 3.75. The van der Waals surface area contributed by atoms with Crippen molar-refractivity contribution in [3.63, 3.8) is 0 Å². The standard InChI is InChI=1S/C17H27NO2/c1-4-10-18-16(12-17(19)20)11-14-6-8-15(9-7-14)13(3)5-2/h6-9,13,16,18H,4-5,10-12H2,1-3H3,(H,19,20). The SMILES string of the molecule is CCCNC(CC(=O)O)Cc1ccc(C(C)CC)cc1. The summed E-state index contributed by atoms with van der Waals surface area (Å²) in [5.41, 5.74) is 2.56. The molecule has 1 aromatic rings. The maximum Gasteiger partial charge on any atom is 0.304 e. The Bertz CT molecular complexity index is 400. The van der Waals surface area contributed by atoms with Crippen LogP contribution in [0.2, 0.25) is 0 Å². The molecule has 1 rings (SSSR count). The molecule has 0 bridgehead atoms. The molecule has 2 atom stereocenters. The predicted octanol–water partition coefficient (Wildman–Crippen LogP) is 3.59. The number of hydrogen-bond donors (Lipinski definition) is 2. The minimum atomic E-state index is -0.741. The van der Waals surface area contributed by atoms with Crippen LogP contribution in [0.5, 0.6) is 0 Å². The van der Waals surface area contributed by atoms with Gasteiger partial charge in [0.2, 0.25) is 0 Å². The van der Waals surface area contributed by atoms with Crippen LogP contribution < -0.4 is 5.32 Å². The van der Waals surface area contributed by atoms with E-state index in [4.69, 9.17) is 5.11 Å². The van der Waals surface area contributed by atoms with Crippen LogP contribution in [0.25, 0.3) is 0 Å². The van der Waals surface area contributed by atoms with Crippen molar-refractivity contribution >= 4 is 5.97 Å². The molecule has 3 nitrogen and oxygen atoms in total. The fraction of sp³-hybridized carbons (Fsp3) is 0.588. The van der Waals surface area contributed by atoms with E-state index in [0.29, 0.717) is 5.92 Å². The van der Waals surface area contributed by atoms with Gasteiger partial charge in [-0.25, -0.2) is 0 Å². The van der Waals surface area contributed by atoms with Gasteiger partial charge in [0.15, 0.2) is 0 Å². The molecule has 0 heterocycles. The number of nitrogens with one attached hydrogen (secondary N) is 1. The largest absolute Gasteiger partial charge is 0.481 e. The highest BCUT2D eigenvalue weighted by atomic mass is 16.4. The fourth-order valence-electron chi connectivity index (χ4n) is 2.28. The number of benzene rings is 1. The van der Waals surface area contributed by atoms with Gasteiger partial charge in [-0.15, -0.1) is 0 Å². The van der Waals surface area contributed by atoms with Crippen LogP contribution in [-0.2, 0) is 11.2 Å². The second-order valence-corrected chi connectivity index (χ2v) is 5.50. The molecule has 0 aliphatic carbocycles. The zero-order valence-corrected chi connectivity index (χ0v) is 12.9. The molecule has 0 aliphatic heterocycles. The molecule has 0 saturated heterocycles. The Labute approximate surface area is 122 Å². The lowest BCUT2D eigenvalue weighted by atomic mass is 9.95. The van der Waals surface area contributed by atoms with Crippen molar-refractivity contribution in [3.05, 3.63) is 35.4 Å². The van der Waals surface area contributed by atoms with Crippen LogP contribution in [0.15, 0.2) is 24.3 Å². The number of carboxylic acids is 1. The van der Waals surface area contributed by atoms with Gasteiger partial charge >= 0.3 is 5.97 Å². The molecule has 20 heavy (non-hydrogen) atoms. The Morgan fingerprint density at radius 2 is 1.90 bits per heavy atom. The van der Waals surface area contributed by atoms with Crippen LogP contribution in [0.1, 0.15) is 57.1 Å². The first-order chi connectivity index (χ1) is 9.56. The first kappa shape index (κ1) is 16.7. The first-order valence-corrected chi connectivity index (χ1v) is 7.60. The molecule has 2 unspecified atom stereocenters. The van der Waals surface area contributed by atoms with Crippen molar-refractivity contribution in [3.8, 4) is 0 Å². The summed E-state index contributed by atoms with van der Waals surface area (Å²) in [6, 6.07) is 8.61. The van der Waals surface area contributed by atoms with E-state index >= 15 is 0 Å². The zero-order valence-electron chi connectivity index (χ0n) is 12.9. The third kappa shape index (κ3) is 5.74. The average Bonchev–Trinajstić information content (AvgIpc) is 2.44. The zero-order chi connectivity index (χ0) is 15.0. The van der Waals surface area contributed by atoms with E-state index < -0.39 is 5.97 Å². The van der Waals surface area contributed by atoms with E-state index in [-0.39, 0.29) is 12.5 Å². The smallest absolute Gasteiger partial charge is 0.304 e. The van der Waals surface area contributed by atoms with Gasteiger partial charge in [-0.05, 0) is 42.9 Å². The lowest BCUT2D eigenvalue weighted by Gasteiger charge is -2.17. The molecule has 2 N–H and O–H groups in total. The predicted molar refractivity (Wildman–Crippen MR) is 83.2 cm³/mol. The lowest BCUT2D eigenvalue weighted by molar-refractivity contribution is -0.137. The van der Waals surface area contributed by atoms with Crippen molar-refractivity contribution in [2.75, 3.05) is 6.54 Å². The summed E-state index contributed by atoms with van der Waals surface area (Å²) >= 11 is 0. The van der Waals surface area contributed by atoms with Gasteiger partial charge in [0.05, 0.1) is 6.42 Å². The van der Waals surface area contributed by atoms with Crippen LogP contribution in [-0.4, -0.2) is 23.7 Å². The summed E-state index contributed by atoms with van der Waals surface area (Å²) in [4.78, 5) is 10.9. The molecule has 1 aromatic carbocycles. The van der Waals surface area contributed by atoms with Gasteiger partial charge in [-0.3, -0.25) is 4.79 Å². The molecule has 112 valence electrons. The van der Waals surface area contributed by atoms with Crippen molar-refractivity contribution in [1.82, 2.24) is 5.32 Å². The van der Waals surface area contributed by atoms with Crippen molar-refractivity contribution in [2.45, 2.75) is 58.4 Å². The summed E-state index contributed by atoms with van der Waals surface area (Å²) in [6.07, 6.45) is 3.10. The van der Waals surface area contributed by atoms with Gasteiger partial charge in [0.25, 0.3) is 0 Å². The summed E-state index contributed by atoms with van der Waals surface area (Å²) in [5.74, 6) is -0.160. The lowest BCUT2D eigenvalue weighted by Crippen LogP contribution is -2.33. The van der Waals surface area contributed by atoms with Gasteiger partial charge in [0.1, 0.15) is 0 Å². The van der Waals surface area contributed by atoms with E-state index in [1.54, 1.807) is 0 Å². The molecule has 0 fully saturated rings. The molecule has 3 heteroatoms. The Morgan fingerprint density at radius 1 is 1.25 bits per heavy atom. The molecule has 0 spiro atoms. The van der Waals surface area contributed by atoms with Gasteiger partial charge in [-0.2, -0.15) is 0 Å². The number of aliphatic carboxylic acids is 1. The second kappa shape index (κ2) is 8.75. The van der Waals surface area contributed by atoms with E-state index in [2.05, 4.69) is 50.4 Å². The minimum absolute atomic E-state index is 0.0156. The minimum Gasteiger partial charge on any atom is -0.481 e. The molecular formula is C17H27NO2. The van der Waals surface area contributed by atoms with Crippen LogP contribution in [0, 0.1) is 0 Å². The molecule has 0 radical (unpaired) electrons. The van der Waals surface area contributed by atoms with Crippen molar-refractivity contribution in [1.29, 1.82) is 0 Å². The van der Waals surface area contributed by atoms with Crippen LogP contribution >= 0.6 is 0 Å². The highest BCUT2D eigenvalue weighted by Gasteiger charge is 2.13. The first-order valence-electron chi connectivity index (χ1n) is 7.60. The van der Waals surface area contributed by atoms with Crippen LogP contribution in [0.3, 0.4) is 0 Å². The maximum absolute atomic E-state index is 10.9. The molecular weight excluding hydrogens is 250 g/mol. The molecule has 0 aromatic heterocycles. The maximum atomic E-state index is 10.9. The van der Waals surface area contributed by atoms with Crippen LogP contribution in [0.4, 0.5) is 0 Å². The summed E-state index contributed by atoms with van der Waals surface area (Å²) in [5, 5.41) is 12.3. The number of hydrogen-bond acceptors (Lipinski definition) is 2. The fourth-order valence-corrected chi connectivity index (χ4v) is 2.28. The number of rotatable bonds is 9. The quantitative estimate of drug-likeness (QED) is 0.725. The monoisotopic (exact) mass is 277 g/mol. The van der Waals surface area contributed by atoms with E-state index in [1.165, 1.54) is 11.1 Å². The number of carbonyl (C=O) groups is 1. The van der Waals surface area contributed by atoms with Crippen molar-refractivity contribution in [2.24, 2.45) is 0 Å². The second-order valence-electron chi connectivity index (χ2n) is 5.50. The number of carboxylic acid groups (broad SMARTS) is 1. The summed E-state index contributed by atoms with van der Waals surface area (Å²) in [7, 11) is 0.